The van der Waals surface area contributed by atoms with E-state index in [0.29, 0.717) is 25.7 Å². The number of carbonyl (C=O) groups is 4. The van der Waals surface area contributed by atoms with Crippen molar-refractivity contribution in [2.45, 2.75) is 432 Å². The molecule has 0 rings (SSSR count). The number of phosphoric ester groups is 2. The summed E-state index contributed by atoms with van der Waals surface area (Å²) < 4.78 is 68.7. The maximum absolute atomic E-state index is 13.1. The van der Waals surface area contributed by atoms with Crippen LogP contribution in [0.25, 0.3) is 0 Å². The molecule has 98 heavy (non-hydrogen) atoms. The molecule has 3 unspecified atom stereocenters. The van der Waals surface area contributed by atoms with Crippen LogP contribution in [0.15, 0.2) is 0 Å². The number of carbonyl (C=O) groups excluding carboxylic acids is 4. The Balaban J connectivity index is 5.27. The van der Waals surface area contributed by atoms with Crippen LogP contribution < -0.4 is 0 Å². The number of phosphoric acid groups is 2. The van der Waals surface area contributed by atoms with E-state index in [9.17, 15) is 43.2 Å². The highest BCUT2D eigenvalue weighted by Crippen LogP contribution is 2.45. The molecule has 0 aromatic carbocycles. The highest BCUT2D eigenvalue weighted by molar-refractivity contribution is 7.47. The summed E-state index contributed by atoms with van der Waals surface area (Å²) in [4.78, 5) is 73.0. The van der Waals surface area contributed by atoms with Gasteiger partial charge in [-0.05, 0) is 37.5 Å². The topological polar surface area (TPSA) is 237 Å². The minimum absolute atomic E-state index is 0.108. The van der Waals surface area contributed by atoms with Crippen molar-refractivity contribution in [1.29, 1.82) is 0 Å². The third kappa shape index (κ3) is 71.1. The zero-order chi connectivity index (χ0) is 72.1. The fourth-order valence-electron chi connectivity index (χ4n) is 12.2. The van der Waals surface area contributed by atoms with E-state index in [2.05, 4.69) is 41.5 Å². The van der Waals surface area contributed by atoms with E-state index < -0.39 is 97.5 Å². The number of aliphatic hydroxyl groups excluding tert-OH is 1. The molecule has 17 nitrogen and oxygen atoms in total. The van der Waals surface area contributed by atoms with Gasteiger partial charge in [-0.1, -0.05) is 363 Å². The summed E-state index contributed by atoms with van der Waals surface area (Å²) in [7, 11) is -9.92. The highest BCUT2D eigenvalue weighted by atomic mass is 31.2. The van der Waals surface area contributed by atoms with Gasteiger partial charge in [0.25, 0.3) is 0 Å². The maximum Gasteiger partial charge on any atom is 0.472 e. The Morgan fingerprint density at radius 2 is 0.520 bits per heavy atom. The van der Waals surface area contributed by atoms with Gasteiger partial charge >= 0.3 is 39.5 Å². The van der Waals surface area contributed by atoms with Gasteiger partial charge in [0.15, 0.2) is 12.2 Å². The molecule has 3 N–H and O–H groups in total. The van der Waals surface area contributed by atoms with Crippen LogP contribution in [-0.4, -0.2) is 96.7 Å². The summed E-state index contributed by atoms with van der Waals surface area (Å²) in [6.45, 7) is 9.65. The van der Waals surface area contributed by atoms with Gasteiger partial charge in [-0.3, -0.25) is 37.3 Å². The Labute approximate surface area is 600 Å². The number of esters is 4. The molecule has 0 bridgehead atoms. The first-order valence-electron chi connectivity index (χ1n) is 41.0. The third-order valence-corrected chi connectivity index (χ3v) is 20.7. The number of rotatable bonds is 78. The molecular formula is C79H154O17P2. The average molecular weight is 1440 g/mol. The minimum atomic E-state index is -4.96. The second kappa shape index (κ2) is 70.7. The van der Waals surface area contributed by atoms with Crippen LogP contribution in [0, 0.1) is 11.8 Å². The van der Waals surface area contributed by atoms with Crippen molar-refractivity contribution in [2.24, 2.45) is 11.8 Å². The lowest BCUT2D eigenvalue weighted by Crippen LogP contribution is -2.30. The molecule has 0 spiro atoms. The van der Waals surface area contributed by atoms with E-state index in [0.717, 1.165) is 102 Å². The quantitative estimate of drug-likeness (QED) is 0.0222. The normalized spacial score (nSPS) is 14.2. The summed E-state index contributed by atoms with van der Waals surface area (Å²) in [5, 5.41) is 10.6. The molecular weight excluding hydrogens is 1280 g/mol. The molecule has 0 radical (unpaired) electrons. The molecule has 0 aliphatic rings. The zero-order valence-electron chi connectivity index (χ0n) is 64.1. The maximum atomic E-state index is 13.1. The van der Waals surface area contributed by atoms with Gasteiger partial charge < -0.3 is 33.8 Å². The van der Waals surface area contributed by atoms with Crippen molar-refractivity contribution in [3.8, 4) is 0 Å². The summed E-state index contributed by atoms with van der Waals surface area (Å²) in [5.41, 5.74) is 0. The zero-order valence-corrected chi connectivity index (χ0v) is 65.9. The summed E-state index contributed by atoms with van der Waals surface area (Å²) in [6.07, 6.45) is 59.4. The first-order chi connectivity index (χ1) is 47.4. The van der Waals surface area contributed by atoms with Crippen LogP contribution in [0.1, 0.15) is 414 Å². The van der Waals surface area contributed by atoms with Crippen LogP contribution in [0.2, 0.25) is 0 Å². The minimum Gasteiger partial charge on any atom is -0.462 e. The lowest BCUT2D eigenvalue weighted by atomic mass is 9.99. The van der Waals surface area contributed by atoms with Crippen LogP contribution in [-0.2, 0) is 65.4 Å². The number of unbranched alkanes of at least 4 members (excludes halogenated alkanes) is 47. The third-order valence-electron chi connectivity index (χ3n) is 18.8. The number of ether oxygens (including phenoxy) is 4. The van der Waals surface area contributed by atoms with Crippen molar-refractivity contribution in [1.82, 2.24) is 0 Å². The molecule has 582 valence electrons. The van der Waals surface area contributed by atoms with Gasteiger partial charge in [-0.2, -0.15) is 0 Å². The fraction of sp³-hybridized carbons (Fsp3) is 0.949. The molecule has 0 aromatic rings. The van der Waals surface area contributed by atoms with E-state index in [1.54, 1.807) is 0 Å². The second-order valence-corrected chi connectivity index (χ2v) is 32.1. The Bertz CT molecular complexity index is 1890. The van der Waals surface area contributed by atoms with Gasteiger partial charge in [0, 0.05) is 25.7 Å². The lowest BCUT2D eigenvalue weighted by Gasteiger charge is -2.21. The van der Waals surface area contributed by atoms with Crippen molar-refractivity contribution >= 4 is 39.5 Å². The summed E-state index contributed by atoms with van der Waals surface area (Å²) in [5.74, 6) is -0.536. The van der Waals surface area contributed by atoms with E-state index in [4.69, 9.17) is 37.0 Å². The van der Waals surface area contributed by atoms with E-state index >= 15 is 0 Å². The van der Waals surface area contributed by atoms with Gasteiger partial charge in [0.05, 0.1) is 26.4 Å². The molecule has 6 atom stereocenters. The predicted octanol–water partition coefficient (Wildman–Crippen LogP) is 23.5. The number of aliphatic hydroxyl groups is 1. The Morgan fingerprint density at radius 1 is 0.296 bits per heavy atom. The van der Waals surface area contributed by atoms with Crippen LogP contribution in [0.4, 0.5) is 0 Å². The molecule has 0 fully saturated rings. The van der Waals surface area contributed by atoms with Crippen molar-refractivity contribution in [3.63, 3.8) is 0 Å². The molecule has 0 aliphatic carbocycles. The molecule has 0 amide bonds. The van der Waals surface area contributed by atoms with Gasteiger partial charge in [0.1, 0.15) is 19.3 Å². The molecule has 19 heteroatoms. The second-order valence-electron chi connectivity index (χ2n) is 29.2. The van der Waals surface area contributed by atoms with Gasteiger partial charge in [-0.15, -0.1) is 0 Å². The van der Waals surface area contributed by atoms with Gasteiger partial charge in [-0.25, -0.2) is 9.13 Å². The van der Waals surface area contributed by atoms with Crippen LogP contribution in [0.5, 0.6) is 0 Å². The molecule has 0 aromatic heterocycles. The van der Waals surface area contributed by atoms with Crippen molar-refractivity contribution in [2.75, 3.05) is 39.6 Å². The smallest absolute Gasteiger partial charge is 0.462 e. The average Bonchev–Trinajstić information content (AvgIpc) is 0.987. The molecule has 0 saturated heterocycles. The van der Waals surface area contributed by atoms with E-state index in [-0.39, 0.29) is 25.7 Å². The van der Waals surface area contributed by atoms with Crippen molar-refractivity contribution < 1.29 is 80.2 Å². The SMILES string of the molecule is CCCCCCCCCCCCCCCCCC(=O)OC[C@H](COP(=O)(O)OC[C@@H](O)COP(=O)(O)OC[C@@H](COC(=O)CCCCCCCCCCC(C)CC)OC(=O)CCCCCCCCCCCCCCCC)OC(=O)CCCCCCCCCCCCCCCCC(C)C. The van der Waals surface area contributed by atoms with Crippen LogP contribution in [0.3, 0.4) is 0 Å². The predicted molar refractivity (Wildman–Crippen MR) is 400 cm³/mol. The van der Waals surface area contributed by atoms with E-state index in [1.165, 1.54) is 231 Å². The van der Waals surface area contributed by atoms with Crippen molar-refractivity contribution in [3.05, 3.63) is 0 Å². The Morgan fingerprint density at radius 3 is 0.776 bits per heavy atom. The fourth-order valence-corrected chi connectivity index (χ4v) is 13.7. The largest absolute Gasteiger partial charge is 0.472 e. The van der Waals surface area contributed by atoms with Gasteiger partial charge in [0.2, 0.25) is 0 Å². The highest BCUT2D eigenvalue weighted by Gasteiger charge is 2.30. The summed E-state index contributed by atoms with van der Waals surface area (Å²) in [6, 6.07) is 0. The van der Waals surface area contributed by atoms with Crippen LogP contribution >= 0.6 is 15.6 Å². The molecule has 0 aliphatic heterocycles. The number of hydrogen-bond acceptors (Lipinski definition) is 15. The Kier molecular flexibility index (Phi) is 69.3. The number of hydrogen-bond donors (Lipinski definition) is 3. The first kappa shape index (κ1) is 96.1. The monoisotopic (exact) mass is 1440 g/mol. The first-order valence-corrected chi connectivity index (χ1v) is 44.0. The van der Waals surface area contributed by atoms with E-state index in [1.807, 2.05) is 0 Å². The molecule has 0 saturated carbocycles. The lowest BCUT2D eigenvalue weighted by molar-refractivity contribution is -0.161. The molecule has 0 heterocycles. The summed E-state index contributed by atoms with van der Waals surface area (Å²) >= 11 is 0. The standard InChI is InChI=1S/C79H154O17P2/c1-7-10-12-14-16-18-20-22-24-29-32-36-43-49-55-61-76(81)89-67-74(95-79(84)64-58-52-46-38-34-30-26-25-27-31-35-41-47-53-59-71(4)5)69-93-97(85,86)91-65-73(80)66-92-98(87,88)94-70-75(68-90-77(82)62-56-50-44-40-39-42-48-54-60-72(6)9-3)96-78(83)63-57-51-45-37-33-28-23-21-19-17-15-13-11-8-2/h71-75,80H,7-70H2,1-6H3,(H,85,86)(H,87,88)/t72?,73-,74-,75-/m1/s1. The Hall–Kier alpha value is -1.94.